The number of nitrogens with zero attached hydrogens (tertiary/aromatic N) is 1. The van der Waals surface area contributed by atoms with Gasteiger partial charge in [-0.15, -0.1) is 0 Å². The quantitative estimate of drug-likeness (QED) is 0.811. The molecule has 2 rings (SSSR count). The van der Waals surface area contributed by atoms with Crippen LogP contribution in [0.25, 0.3) is 0 Å². The summed E-state index contributed by atoms with van der Waals surface area (Å²) in [6.07, 6.45) is 0. The molecule has 0 unspecified atom stereocenters. The zero-order valence-corrected chi connectivity index (χ0v) is 12.5. The minimum atomic E-state index is -3.72. The van der Waals surface area contributed by atoms with Crippen molar-refractivity contribution in [1.82, 2.24) is 4.31 Å². The summed E-state index contributed by atoms with van der Waals surface area (Å²) in [6, 6.07) is 4.17. The van der Waals surface area contributed by atoms with Crippen LogP contribution in [-0.2, 0) is 21.4 Å². The first kappa shape index (κ1) is 15.5. The van der Waals surface area contributed by atoms with Crippen molar-refractivity contribution in [2.75, 3.05) is 6.54 Å². The predicted molar refractivity (Wildman–Crippen MR) is 75.9 cm³/mol. The molecule has 0 bridgehead atoms. The van der Waals surface area contributed by atoms with Crippen molar-refractivity contribution >= 4 is 15.9 Å². The Kier molecular flexibility index (Phi) is 3.78. The fourth-order valence-electron chi connectivity index (χ4n) is 1.97. The van der Waals surface area contributed by atoms with Crippen molar-refractivity contribution in [2.24, 2.45) is 5.73 Å². The Morgan fingerprint density at radius 3 is 2.57 bits per heavy atom. The zero-order chi connectivity index (χ0) is 15.8. The third-order valence-corrected chi connectivity index (χ3v) is 5.72. The number of rotatable bonds is 2. The molecule has 1 aliphatic rings. The molecule has 0 aliphatic carbocycles. The Morgan fingerprint density at radius 1 is 1.38 bits per heavy atom. The van der Waals surface area contributed by atoms with Gasteiger partial charge in [0.2, 0.25) is 0 Å². The summed E-state index contributed by atoms with van der Waals surface area (Å²) in [6.45, 7) is 2.53. The lowest BCUT2D eigenvalue weighted by Gasteiger charge is -2.43. The SMILES string of the molecule is CC1(C)C(=O)N(Cc2ccc(C#CCN)cc2F)S1(=O)=O. The Morgan fingerprint density at radius 2 is 2.05 bits per heavy atom. The fourth-order valence-corrected chi connectivity index (χ4v) is 3.48. The van der Waals surface area contributed by atoms with Gasteiger partial charge in [0.25, 0.3) is 15.9 Å². The molecule has 0 saturated carbocycles. The average molecular weight is 310 g/mol. The van der Waals surface area contributed by atoms with E-state index in [1.807, 2.05) is 0 Å². The maximum Gasteiger partial charge on any atom is 0.259 e. The molecule has 7 heteroatoms. The van der Waals surface area contributed by atoms with Crippen LogP contribution in [-0.4, -0.2) is 29.9 Å². The standard InChI is InChI=1S/C14H15FN2O3S/c1-14(2)13(18)17(21(14,19)20)9-11-6-5-10(4-3-7-16)8-12(11)15/h5-6,8H,7,9,16H2,1-2H3. The fraction of sp³-hybridized carbons (Fsp3) is 0.357. The lowest BCUT2D eigenvalue weighted by Crippen LogP contribution is -2.66. The van der Waals surface area contributed by atoms with E-state index in [1.165, 1.54) is 26.0 Å². The van der Waals surface area contributed by atoms with Crippen LogP contribution in [0, 0.1) is 17.7 Å². The van der Waals surface area contributed by atoms with Gasteiger partial charge in [-0.1, -0.05) is 17.9 Å². The molecule has 1 aromatic carbocycles. The molecular formula is C14H15FN2O3S. The van der Waals surface area contributed by atoms with Gasteiger partial charge in [-0.25, -0.2) is 17.1 Å². The van der Waals surface area contributed by atoms with Gasteiger partial charge < -0.3 is 5.73 Å². The summed E-state index contributed by atoms with van der Waals surface area (Å²) < 4.78 is 37.1. The highest BCUT2D eigenvalue weighted by Crippen LogP contribution is 2.36. The van der Waals surface area contributed by atoms with Crippen LogP contribution in [0.3, 0.4) is 0 Å². The molecule has 1 amide bonds. The summed E-state index contributed by atoms with van der Waals surface area (Å²) in [7, 11) is -3.72. The second-order valence-electron chi connectivity index (χ2n) is 5.14. The predicted octanol–water partition coefficient (Wildman–Crippen LogP) is 0.587. The van der Waals surface area contributed by atoms with Gasteiger partial charge >= 0.3 is 0 Å². The molecule has 0 atom stereocenters. The number of carbonyl (C=O) groups is 1. The number of halogens is 1. The van der Waals surface area contributed by atoms with Crippen LogP contribution in [0.2, 0.25) is 0 Å². The molecule has 1 aromatic rings. The largest absolute Gasteiger partial charge is 0.320 e. The van der Waals surface area contributed by atoms with Crippen LogP contribution in [0.15, 0.2) is 18.2 Å². The molecule has 112 valence electrons. The first-order valence-corrected chi connectivity index (χ1v) is 7.70. The molecule has 2 N–H and O–H groups in total. The highest BCUT2D eigenvalue weighted by atomic mass is 32.2. The number of amides is 1. The molecule has 1 heterocycles. The van der Waals surface area contributed by atoms with E-state index >= 15 is 0 Å². The monoisotopic (exact) mass is 310 g/mol. The highest BCUT2D eigenvalue weighted by molar-refractivity contribution is 7.94. The van der Waals surface area contributed by atoms with Crippen molar-refractivity contribution in [2.45, 2.75) is 25.1 Å². The van der Waals surface area contributed by atoms with E-state index in [-0.39, 0.29) is 18.7 Å². The molecule has 5 nitrogen and oxygen atoms in total. The Balaban J connectivity index is 2.24. The zero-order valence-electron chi connectivity index (χ0n) is 11.7. The van der Waals surface area contributed by atoms with Crippen LogP contribution in [0.1, 0.15) is 25.0 Å². The van der Waals surface area contributed by atoms with Gasteiger partial charge in [0.15, 0.2) is 4.75 Å². The van der Waals surface area contributed by atoms with Crippen molar-refractivity contribution in [1.29, 1.82) is 0 Å². The first-order valence-electron chi connectivity index (χ1n) is 6.26. The third-order valence-electron chi connectivity index (χ3n) is 3.38. The van der Waals surface area contributed by atoms with Crippen LogP contribution in [0.4, 0.5) is 4.39 Å². The topological polar surface area (TPSA) is 80.5 Å². The van der Waals surface area contributed by atoms with Crippen molar-refractivity contribution in [3.8, 4) is 11.8 Å². The number of nitrogens with two attached hydrogens (primary N) is 1. The summed E-state index contributed by atoms with van der Waals surface area (Å²) in [5.41, 5.74) is 5.80. The molecule has 1 fully saturated rings. The van der Waals surface area contributed by atoms with Gasteiger partial charge in [-0.3, -0.25) is 4.79 Å². The smallest absolute Gasteiger partial charge is 0.259 e. The molecular weight excluding hydrogens is 295 g/mol. The van der Waals surface area contributed by atoms with Gasteiger partial charge in [0, 0.05) is 11.1 Å². The van der Waals surface area contributed by atoms with E-state index in [9.17, 15) is 17.6 Å². The van der Waals surface area contributed by atoms with Crippen LogP contribution >= 0.6 is 0 Å². The van der Waals surface area contributed by atoms with Crippen molar-refractivity contribution < 1.29 is 17.6 Å². The van der Waals surface area contributed by atoms with E-state index in [0.29, 0.717) is 9.87 Å². The number of hydrogen-bond acceptors (Lipinski definition) is 4. The molecule has 0 aromatic heterocycles. The van der Waals surface area contributed by atoms with Gasteiger partial charge in [-0.05, 0) is 26.0 Å². The molecule has 0 radical (unpaired) electrons. The van der Waals surface area contributed by atoms with E-state index < -0.39 is 26.5 Å². The lowest BCUT2D eigenvalue weighted by atomic mass is 10.1. The van der Waals surface area contributed by atoms with Crippen LogP contribution in [0.5, 0.6) is 0 Å². The van der Waals surface area contributed by atoms with E-state index in [0.717, 1.165) is 0 Å². The highest BCUT2D eigenvalue weighted by Gasteiger charge is 2.59. The first-order chi connectivity index (χ1) is 9.71. The minimum absolute atomic E-state index is 0.126. The average Bonchev–Trinajstić information content (AvgIpc) is 2.42. The summed E-state index contributed by atoms with van der Waals surface area (Å²) in [4.78, 5) is 11.8. The second kappa shape index (κ2) is 5.13. The van der Waals surface area contributed by atoms with Crippen molar-refractivity contribution in [3.05, 3.63) is 35.1 Å². The maximum absolute atomic E-state index is 13.9. The molecule has 0 spiro atoms. The normalized spacial score (nSPS) is 18.7. The Hall–Kier alpha value is -1.91. The van der Waals surface area contributed by atoms with Gasteiger partial charge in [0.1, 0.15) is 5.82 Å². The van der Waals surface area contributed by atoms with E-state index in [1.54, 1.807) is 6.07 Å². The third kappa shape index (κ3) is 2.41. The lowest BCUT2D eigenvalue weighted by molar-refractivity contribution is -0.132. The Labute approximate surface area is 123 Å². The summed E-state index contributed by atoms with van der Waals surface area (Å²) in [5.74, 6) is 4.14. The molecule has 21 heavy (non-hydrogen) atoms. The molecule has 1 aliphatic heterocycles. The number of benzene rings is 1. The number of hydrogen-bond donors (Lipinski definition) is 1. The Bertz CT molecular complexity index is 760. The van der Waals surface area contributed by atoms with E-state index in [2.05, 4.69) is 11.8 Å². The van der Waals surface area contributed by atoms with E-state index in [4.69, 9.17) is 5.73 Å². The number of carbonyl (C=O) groups excluding carboxylic acids is 1. The second-order valence-corrected chi connectivity index (χ2v) is 7.55. The minimum Gasteiger partial charge on any atom is -0.320 e. The molecule has 1 saturated heterocycles. The van der Waals surface area contributed by atoms with Crippen LogP contribution < -0.4 is 5.73 Å². The maximum atomic E-state index is 13.9. The van der Waals surface area contributed by atoms with Gasteiger partial charge in [0.05, 0.1) is 13.1 Å². The van der Waals surface area contributed by atoms with Crippen molar-refractivity contribution in [3.63, 3.8) is 0 Å². The van der Waals surface area contributed by atoms with Gasteiger partial charge in [-0.2, -0.15) is 0 Å². The summed E-state index contributed by atoms with van der Waals surface area (Å²) in [5, 5.41) is 0. The number of sulfonamides is 1. The summed E-state index contributed by atoms with van der Waals surface area (Å²) >= 11 is 0.